The van der Waals surface area contributed by atoms with Crippen LogP contribution < -0.4 is 9.47 Å². The van der Waals surface area contributed by atoms with Gasteiger partial charge in [0.25, 0.3) is 0 Å². The van der Waals surface area contributed by atoms with E-state index in [0.29, 0.717) is 5.75 Å². The molecule has 0 fully saturated rings. The normalized spacial score (nSPS) is 19.1. The molecule has 0 saturated heterocycles. The highest BCUT2D eigenvalue weighted by Gasteiger charge is 2.34. The van der Waals surface area contributed by atoms with Crippen LogP contribution in [0.15, 0.2) is 24.3 Å². The van der Waals surface area contributed by atoms with Gasteiger partial charge < -0.3 is 9.47 Å². The van der Waals surface area contributed by atoms with E-state index in [4.69, 9.17) is 9.47 Å². The van der Waals surface area contributed by atoms with Crippen LogP contribution in [0.25, 0.3) is 10.8 Å². The van der Waals surface area contributed by atoms with Gasteiger partial charge in [-0.15, -0.1) is 0 Å². The van der Waals surface area contributed by atoms with Gasteiger partial charge in [-0.05, 0) is 62.8 Å². The fourth-order valence-corrected chi connectivity index (χ4v) is 5.91. The first-order valence-corrected chi connectivity index (χ1v) is 14.5. The maximum absolute atomic E-state index is 11.8. The molecule has 3 nitrogen and oxygen atoms in total. The topological polar surface area (TPSA) is 35.5 Å². The summed E-state index contributed by atoms with van der Waals surface area (Å²) in [5.74, 6) is 3.88. The van der Waals surface area contributed by atoms with Crippen LogP contribution in [0.2, 0.25) is 0 Å². The van der Waals surface area contributed by atoms with Crippen LogP contribution in [-0.2, 0) is 11.2 Å². The Kier molecular flexibility index (Phi) is 10.3. The second-order valence-corrected chi connectivity index (χ2v) is 12.3. The summed E-state index contributed by atoms with van der Waals surface area (Å²) in [6.07, 6.45) is 13.8. The first kappa shape index (κ1) is 28.5. The highest BCUT2D eigenvalue weighted by atomic mass is 16.5. The minimum Gasteiger partial charge on any atom is -0.487 e. The van der Waals surface area contributed by atoms with Gasteiger partial charge in [-0.3, -0.25) is 4.79 Å². The van der Waals surface area contributed by atoms with E-state index >= 15 is 0 Å². The Hall–Kier alpha value is -2.03. The summed E-state index contributed by atoms with van der Waals surface area (Å²) in [4.78, 5) is 11.8. The Morgan fingerprint density at radius 1 is 0.944 bits per heavy atom. The molecular weight excluding hydrogens is 444 g/mol. The molecule has 0 bridgehead atoms. The molecular formula is C33H50O3. The zero-order valence-corrected chi connectivity index (χ0v) is 24.0. The molecule has 2 aromatic carbocycles. The number of fused-ring (bicyclic) bond motifs is 3. The molecule has 0 aromatic heterocycles. The Bertz CT molecular complexity index is 1010. The van der Waals surface area contributed by atoms with Crippen molar-refractivity contribution in [2.45, 2.75) is 125 Å². The van der Waals surface area contributed by atoms with Crippen LogP contribution in [0.1, 0.15) is 117 Å². The summed E-state index contributed by atoms with van der Waals surface area (Å²) < 4.78 is 12.4. The van der Waals surface area contributed by atoms with Crippen molar-refractivity contribution in [1.82, 2.24) is 0 Å². The Balaban J connectivity index is 1.53. The van der Waals surface area contributed by atoms with E-state index in [9.17, 15) is 4.79 Å². The van der Waals surface area contributed by atoms with Crippen molar-refractivity contribution in [2.75, 3.05) is 0 Å². The monoisotopic (exact) mass is 494 g/mol. The summed E-state index contributed by atoms with van der Waals surface area (Å²) in [7, 11) is 0. The van der Waals surface area contributed by atoms with Crippen molar-refractivity contribution in [3.8, 4) is 11.5 Å². The fraction of sp³-hybridized carbons (Fsp3) is 0.667. The number of benzene rings is 2. The van der Waals surface area contributed by atoms with Gasteiger partial charge in [0.2, 0.25) is 0 Å². The predicted molar refractivity (Wildman–Crippen MR) is 152 cm³/mol. The van der Waals surface area contributed by atoms with Crippen LogP contribution >= 0.6 is 0 Å². The van der Waals surface area contributed by atoms with Crippen LogP contribution in [0, 0.1) is 24.7 Å². The van der Waals surface area contributed by atoms with Gasteiger partial charge in [0, 0.05) is 23.3 Å². The maximum atomic E-state index is 11.8. The molecule has 0 amide bonds. The van der Waals surface area contributed by atoms with E-state index in [1.54, 1.807) is 0 Å². The standard InChI is InChI=1S/C33H50O3/c1-23(2)13-10-14-24(3)15-11-16-25(4)17-12-21-33(7)22-20-28-26(5)31(35-27(6)34)29-18-8-9-19-30(29)32(28)36-33/h8-9,18-19,23-25H,10-17,20-22H2,1-7H3. The molecule has 1 heterocycles. The first-order valence-electron chi connectivity index (χ1n) is 14.5. The highest BCUT2D eigenvalue weighted by molar-refractivity contribution is 5.97. The predicted octanol–water partition coefficient (Wildman–Crippen LogP) is 9.60. The minimum atomic E-state index is -0.278. The first-order chi connectivity index (χ1) is 17.1. The van der Waals surface area contributed by atoms with Crippen molar-refractivity contribution in [1.29, 1.82) is 0 Å². The number of hydrogen-bond acceptors (Lipinski definition) is 3. The van der Waals surface area contributed by atoms with Crippen molar-refractivity contribution >= 4 is 16.7 Å². The van der Waals surface area contributed by atoms with Crippen LogP contribution in [0.4, 0.5) is 0 Å². The number of rotatable bonds is 13. The Morgan fingerprint density at radius 2 is 1.53 bits per heavy atom. The zero-order valence-electron chi connectivity index (χ0n) is 24.0. The zero-order chi connectivity index (χ0) is 26.3. The van der Waals surface area contributed by atoms with Gasteiger partial charge in [0.05, 0.1) is 0 Å². The van der Waals surface area contributed by atoms with Crippen molar-refractivity contribution in [3.05, 3.63) is 35.4 Å². The molecule has 0 radical (unpaired) electrons. The second-order valence-electron chi connectivity index (χ2n) is 12.3. The van der Waals surface area contributed by atoms with Gasteiger partial charge >= 0.3 is 5.97 Å². The largest absolute Gasteiger partial charge is 0.487 e. The molecule has 2 aromatic rings. The Labute approximate surface area is 220 Å². The summed E-state index contributed by atoms with van der Waals surface area (Å²) in [5, 5.41) is 2.01. The van der Waals surface area contributed by atoms with Gasteiger partial charge in [-0.25, -0.2) is 0 Å². The number of hydrogen-bond donors (Lipinski definition) is 0. The third-order valence-electron chi connectivity index (χ3n) is 8.26. The third-order valence-corrected chi connectivity index (χ3v) is 8.26. The molecule has 3 atom stereocenters. The molecule has 200 valence electrons. The van der Waals surface area contributed by atoms with E-state index in [1.807, 2.05) is 18.2 Å². The van der Waals surface area contributed by atoms with Crippen LogP contribution in [0.3, 0.4) is 0 Å². The van der Waals surface area contributed by atoms with Crippen LogP contribution in [0.5, 0.6) is 11.5 Å². The number of esters is 1. The molecule has 3 rings (SSSR count). The molecule has 0 spiro atoms. The number of carbonyl (C=O) groups is 1. The van der Waals surface area contributed by atoms with Gasteiger partial charge in [0.1, 0.15) is 17.1 Å². The molecule has 0 saturated carbocycles. The highest BCUT2D eigenvalue weighted by Crippen LogP contribution is 2.46. The molecule has 36 heavy (non-hydrogen) atoms. The Morgan fingerprint density at radius 3 is 2.14 bits per heavy atom. The third kappa shape index (κ3) is 7.73. The van der Waals surface area contributed by atoms with Crippen molar-refractivity contribution in [3.63, 3.8) is 0 Å². The van der Waals surface area contributed by atoms with Gasteiger partial charge in [-0.2, -0.15) is 0 Å². The van der Waals surface area contributed by atoms with E-state index in [-0.39, 0.29) is 11.6 Å². The molecule has 1 aliphatic heterocycles. The summed E-state index contributed by atoms with van der Waals surface area (Å²) in [6.45, 7) is 15.3. The average Bonchev–Trinajstić information content (AvgIpc) is 2.81. The smallest absolute Gasteiger partial charge is 0.308 e. The molecule has 0 N–H and O–H groups in total. The van der Waals surface area contributed by atoms with E-state index in [0.717, 1.165) is 59.1 Å². The average molecular weight is 495 g/mol. The molecule has 1 aliphatic rings. The van der Waals surface area contributed by atoms with Gasteiger partial charge in [-0.1, -0.05) is 96.9 Å². The van der Waals surface area contributed by atoms with E-state index < -0.39 is 0 Å². The van der Waals surface area contributed by atoms with Gasteiger partial charge in [0.15, 0.2) is 0 Å². The summed E-state index contributed by atoms with van der Waals surface area (Å²) >= 11 is 0. The minimum absolute atomic E-state index is 0.143. The lowest BCUT2D eigenvalue weighted by Crippen LogP contribution is -2.36. The SMILES string of the molecule is CC(=O)Oc1c(C)c2c(c3ccccc13)OC(C)(CCCC(C)CCCC(C)CCCC(C)C)CC2. The lowest BCUT2D eigenvalue weighted by molar-refractivity contribution is -0.131. The van der Waals surface area contributed by atoms with Crippen molar-refractivity contribution in [2.24, 2.45) is 17.8 Å². The molecule has 3 heteroatoms. The summed E-state index contributed by atoms with van der Waals surface area (Å²) in [5.41, 5.74) is 2.09. The fourth-order valence-electron chi connectivity index (χ4n) is 5.91. The van der Waals surface area contributed by atoms with Crippen molar-refractivity contribution < 1.29 is 14.3 Å². The lowest BCUT2D eigenvalue weighted by atomic mass is 9.84. The van der Waals surface area contributed by atoms with E-state index in [2.05, 4.69) is 47.6 Å². The quantitative estimate of drug-likeness (QED) is 0.205. The summed E-state index contributed by atoms with van der Waals surface area (Å²) in [6, 6.07) is 8.16. The number of carbonyl (C=O) groups excluding carboxylic acids is 1. The molecule has 0 aliphatic carbocycles. The molecule has 3 unspecified atom stereocenters. The second kappa shape index (κ2) is 13.0. The lowest BCUT2D eigenvalue weighted by Gasteiger charge is -2.38. The van der Waals surface area contributed by atoms with Crippen LogP contribution in [-0.4, -0.2) is 11.6 Å². The number of ether oxygens (including phenoxy) is 2. The van der Waals surface area contributed by atoms with E-state index in [1.165, 1.54) is 63.9 Å². The maximum Gasteiger partial charge on any atom is 0.308 e.